The Kier molecular flexibility index (Phi) is 4.92. The molecular formula is C13H15N3O3S2. The van der Waals surface area contributed by atoms with Gasteiger partial charge in [-0.1, -0.05) is 0 Å². The number of carbonyl (C=O) groups is 2. The Balaban J connectivity index is 1.87. The average molecular weight is 325 g/mol. The van der Waals surface area contributed by atoms with Crippen LogP contribution in [0.25, 0.3) is 0 Å². The second-order valence-electron chi connectivity index (χ2n) is 4.46. The number of carbonyl (C=O) groups excluding carboxylic acids is 2. The van der Waals surface area contributed by atoms with E-state index in [1.165, 1.54) is 4.90 Å². The van der Waals surface area contributed by atoms with Crippen LogP contribution in [0.2, 0.25) is 0 Å². The van der Waals surface area contributed by atoms with Gasteiger partial charge in [-0.2, -0.15) is 15.7 Å². The molecule has 2 N–H and O–H groups in total. The van der Waals surface area contributed by atoms with Crippen LogP contribution in [0, 0.1) is 6.92 Å². The zero-order chi connectivity index (χ0) is 15.4. The van der Waals surface area contributed by atoms with Gasteiger partial charge < -0.3 is 15.4 Å². The molecule has 0 aliphatic rings. The topological polar surface area (TPSA) is 85.5 Å². The number of hydrogen-bond donors (Lipinski definition) is 1. The van der Waals surface area contributed by atoms with Gasteiger partial charge in [0.2, 0.25) is 0 Å². The Labute approximate surface area is 130 Å². The first kappa shape index (κ1) is 15.5. The van der Waals surface area contributed by atoms with Gasteiger partial charge in [0.1, 0.15) is 10.6 Å². The molecule has 0 fully saturated rings. The van der Waals surface area contributed by atoms with Crippen LogP contribution in [-0.2, 0) is 16.1 Å². The number of esters is 1. The summed E-state index contributed by atoms with van der Waals surface area (Å²) in [6.07, 6.45) is 0. The van der Waals surface area contributed by atoms with Gasteiger partial charge in [-0.15, -0.1) is 0 Å². The average Bonchev–Trinajstić information content (AvgIpc) is 3.06. The van der Waals surface area contributed by atoms with E-state index in [0.29, 0.717) is 17.2 Å². The zero-order valence-electron chi connectivity index (χ0n) is 11.7. The molecule has 2 aromatic heterocycles. The number of anilines is 1. The molecule has 2 aromatic rings. The molecule has 0 aromatic carbocycles. The fourth-order valence-electron chi connectivity index (χ4n) is 1.69. The summed E-state index contributed by atoms with van der Waals surface area (Å²) in [6, 6.07) is 1.95. The Bertz CT molecular complexity index is 618. The van der Waals surface area contributed by atoms with Crippen molar-refractivity contribution in [3.63, 3.8) is 0 Å². The lowest BCUT2D eigenvalue weighted by atomic mass is 10.2. The molecule has 0 spiro atoms. The smallest absolute Gasteiger partial charge is 0.343 e. The van der Waals surface area contributed by atoms with Crippen molar-refractivity contribution in [3.8, 4) is 0 Å². The lowest BCUT2D eigenvalue weighted by Crippen LogP contribution is -2.30. The number of amides is 1. The molecule has 0 saturated heterocycles. The third-order valence-corrected chi connectivity index (χ3v) is 4.34. The van der Waals surface area contributed by atoms with Gasteiger partial charge in [0, 0.05) is 13.6 Å². The second-order valence-corrected chi connectivity index (χ2v) is 6.05. The fraction of sp³-hybridized carbons (Fsp3) is 0.308. The zero-order valence-corrected chi connectivity index (χ0v) is 13.3. The maximum Gasteiger partial charge on any atom is 0.343 e. The maximum absolute atomic E-state index is 11.9. The molecule has 112 valence electrons. The summed E-state index contributed by atoms with van der Waals surface area (Å²) >= 11 is 2.61. The van der Waals surface area contributed by atoms with E-state index >= 15 is 0 Å². The SMILES string of the molecule is Cc1nsc(N)c1C(=O)OCC(=O)N(C)Cc1ccsc1. The largest absolute Gasteiger partial charge is 0.452 e. The molecule has 8 heteroatoms. The molecule has 2 rings (SSSR count). The van der Waals surface area contributed by atoms with Gasteiger partial charge in [-0.25, -0.2) is 4.79 Å². The van der Waals surface area contributed by atoms with Crippen LogP contribution in [-0.4, -0.2) is 34.8 Å². The minimum atomic E-state index is -0.615. The molecule has 0 bridgehead atoms. The van der Waals surface area contributed by atoms with Crippen molar-refractivity contribution < 1.29 is 14.3 Å². The molecule has 0 saturated carbocycles. The third kappa shape index (κ3) is 3.79. The molecule has 6 nitrogen and oxygen atoms in total. The van der Waals surface area contributed by atoms with Crippen LogP contribution < -0.4 is 5.73 Å². The number of aromatic nitrogens is 1. The molecule has 0 unspecified atom stereocenters. The highest BCUT2D eigenvalue weighted by Gasteiger charge is 2.20. The second kappa shape index (κ2) is 6.68. The number of rotatable bonds is 5. The molecule has 0 aliphatic carbocycles. The van der Waals surface area contributed by atoms with Crippen LogP contribution in [0.15, 0.2) is 16.8 Å². The summed E-state index contributed by atoms with van der Waals surface area (Å²) in [5, 5.41) is 4.22. The summed E-state index contributed by atoms with van der Waals surface area (Å²) in [6.45, 7) is 1.85. The van der Waals surface area contributed by atoms with Crippen molar-refractivity contribution >= 4 is 39.7 Å². The van der Waals surface area contributed by atoms with Gasteiger partial charge in [-0.3, -0.25) is 4.79 Å². The Morgan fingerprint density at radius 3 is 2.81 bits per heavy atom. The van der Waals surface area contributed by atoms with Gasteiger partial charge in [-0.05, 0) is 40.8 Å². The monoisotopic (exact) mass is 325 g/mol. The molecular weight excluding hydrogens is 310 g/mol. The van der Waals surface area contributed by atoms with Gasteiger partial charge >= 0.3 is 5.97 Å². The highest BCUT2D eigenvalue weighted by molar-refractivity contribution is 7.10. The van der Waals surface area contributed by atoms with Gasteiger partial charge in [0.25, 0.3) is 5.91 Å². The number of nitrogens with zero attached hydrogens (tertiary/aromatic N) is 2. The van der Waals surface area contributed by atoms with E-state index in [1.54, 1.807) is 25.3 Å². The molecule has 0 aliphatic heterocycles. The number of ether oxygens (including phenoxy) is 1. The highest BCUT2D eigenvalue weighted by Crippen LogP contribution is 2.21. The van der Waals surface area contributed by atoms with Crippen molar-refractivity contribution in [1.82, 2.24) is 9.27 Å². The Morgan fingerprint density at radius 2 is 2.24 bits per heavy atom. The van der Waals surface area contributed by atoms with Crippen LogP contribution in [0.1, 0.15) is 21.6 Å². The van der Waals surface area contributed by atoms with Gasteiger partial charge in [0.15, 0.2) is 6.61 Å². The molecule has 2 heterocycles. The van der Waals surface area contributed by atoms with Crippen LogP contribution in [0.4, 0.5) is 5.00 Å². The van der Waals surface area contributed by atoms with E-state index < -0.39 is 5.97 Å². The van der Waals surface area contributed by atoms with Crippen molar-refractivity contribution in [2.45, 2.75) is 13.5 Å². The lowest BCUT2D eigenvalue weighted by molar-refractivity contribution is -0.133. The van der Waals surface area contributed by atoms with E-state index in [9.17, 15) is 9.59 Å². The van der Waals surface area contributed by atoms with E-state index in [1.807, 2.05) is 16.8 Å². The van der Waals surface area contributed by atoms with E-state index in [2.05, 4.69) is 4.37 Å². The van der Waals surface area contributed by atoms with Crippen LogP contribution >= 0.6 is 22.9 Å². The third-order valence-electron chi connectivity index (χ3n) is 2.85. The van der Waals surface area contributed by atoms with Crippen molar-refractivity contribution in [2.75, 3.05) is 19.4 Å². The predicted octanol–water partition coefficient (Wildman–Crippen LogP) is 1.91. The van der Waals surface area contributed by atoms with E-state index in [-0.39, 0.29) is 18.1 Å². The number of nitrogen functional groups attached to an aromatic ring is 1. The van der Waals surface area contributed by atoms with Crippen molar-refractivity contribution in [3.05, 3.63) is 33.6 Å². The van der Waals surface area contributed by atoms with Crippen molar-refractivity contribution in [2.24, 2.45) is 0 Å². The number of thiophene rings is 1. The van der Waals surface area contributed by atoms with Crippen LogP contribution in [0.5, 0.6) is 0 Å². The normalized spacial score (nSPS) is 10.4. The summed E-state index contributed by atoms with van der Waals surface area (Å²) in [5.41, 5.74) is 7.46. The van der Waals surface area contributed by atoms with Crippen LogP contribution in [0.3, 0.4) is 0 Å². The number of hydrogen-bond acceptors (Lipinski definition) is 7. The standard InChI is InChI=1S/C13H15N3O3S2/c1-8-11(12(14)21-15-8)13(18)19-6-10(17)16(2)5-9-3-4-20-7-9/h3-4,7H,5-6,14H2,1-2H3. The Hall–Kier alpha value is -1.93. The van der Waals surface area contributed by atoms with Gasteiger partial charge in [0.05, 0.1) is 5.69 Å². The van der Waals surface area contributed by atoms with E-state index in [0.717, 1.165) is 17.1 Å². The number of likely N-dealkylation sites (N-methyl/N-ethyl adjacent to an activating group) is 1. The minimum Gasteiger partial charge on any atom is -0.452 e. The summed E-state index contributed by atoms with van der Waals surface area (Å²) in [7, 11) is 1.67. The lowest BCUT2D eigenvalue weighted by Gasteiger charge is -2.16. The maximum atomic E-state index is 11.9. The first-order valence-electron chi connectivity index (χ1n) is 6.13. The number of nitrogens with two attached hydrogens (primary N) is 1. The fourth-order valence-corrected chi connectivity index (χ4v) is 3.00. The summed E-state index contributed by atoms with van der Waals surface area (Å²) in [5.74, 6) is -0.884. The molecule has 0 atom stereocenters. The quantitative estimate of drug-likeness (QED) is 0.849. The first-order chi connectivity index (χ1) is 9.99. The highest BCUT2D eigenvalue weighted by atomic mass is 32.1. The molecule has 1 amide bonds. The predicted molar refractivity (Wildman–Crippen MR) is 82.3 cm³/mol. The Morgan fingerprint density at radius 1 is 1.48 bits per heavy atom. The molecule has 21 heavy (non-hydrogen) atoms. The van der Waals surface area contributed by atoms with E-state index in [4.69, 9.17) is 10.5 Å². The minimum absolute atomic E-state index is 0.244. The molecule has 0 radical (unpaired) electrons. The first-order valence-corrected chi connectivity index (χ1v) is 7.84. The number of aryl methyl sites for hydroxylation is 1. The summed E-state index contributed by atoms with van der Waals surface area (Å²) < 4.78 is 8.98. The summed E-state index contributed by atoms with van der Waals surface area (Å²) in [4.78, 5) is 25.3. The van der Waals surface area contributed by atoms with Crippen molar-refractivity contribution in [1.29, 1.82) is 0 Å².